The number of epoxide rings is 1. The fourth-order valence-electron chi connectivity index (χ4n) is 7.18. The monoisotopic (exact) mass is 819 g/mol. The van der Waals surface area contributed by atoms with E-state index in [4.69, 9.17) is 35.0 Å². The smallest absolute Gasteiger partial charge is 0.308 e. The number of methoxy groups -OCH3 is 1. The van der Waals surface area contributed by atoms with Gasteiger partial charge in [0.2, 0.25) is 0 Å². The van der Waals surface area contributed by atoms with Crippen molar-refractivity contribution in [3.05, 3.63) is 70.8 Å². The predicted molar refractivity (Wildman–Crippen MR) is 225 cm³/mol. The highest BCUT2D eigenvalue weighted by Crippen LogP contribution is 2.40. The van der Waals surface area contributed by atoms with E-state index in [-0.39, 0.29) is 48.0 Å². The number of halogens is 1. The number of cyclic esters (lactones) is 1. The van der Waals surface area contributed by atoms with Crippen LogP contribution in [0.15, 0.2) is 60.2 Å². The van der Waals surface area contributed by atoms with Crippen molar-refractivity contribution in [2.24, 2.45) is 11.8 Å². The molecule has 0 amide bonds. The Labute approximate surface area is 342 Å². The van der Waals surface area contributed by atoms with E-state index in [9.17, 15) is 19.8 Å². The number of carbonyl (C=O) groups is 2. The molecule has 10 nitrogen and oxygen atoms in total. The molecule has 1 saturated heterocycles. The number of allylic oxidation sites excluding steroid dienone is 2. The number of ether oxygens (including phenoxy) is 4. The van der Waals surface area contributed by atoms with E-state index in [0.29, 0.717) is 18.0 Å². The van der Waals surface area contributed by atoms with Gasteiger partial charge in [-0.2, -0.15) is 0 Å². The van der Waals surface area contributed by atoms with Gasteiger partial charge in [-0.3, -0.25) is 9.59 Å². The van der Waals surface area contributed by atoms with Gasteiger partial charge in [0, 0.05) is 37.4 Å². The van der Waals surface area contributed by atoms with Gasteiger partial charge in [0.15, 0.2) is 8.32 Å². The van der Waals surface area contributed by atoms with Gasteiger partial charge in [-0.05, 0) is 87.5 Å². The summed E-state index contributed by atoms with van der Waals surface area (Å²) in [5.74, 6) is -1.15. The Morgan fingerprint density at radius 1 is 1.14 bits per heavy atom. The van der Waals surface area contributed by atoms with Crippen LogP contribution in [0.3, 0.4) is 0 Å². The number of aliphatic hydroxyl groups is 2. The number of rotatable bonds is 15. The maximum absolute atomic E-state index is 13.7. The third-order valence-corrected chi connectivity index (χ3v) is 16.7. The summed E-state index contributed by atoms with van der Waals surface area (Å²) in [5, 5.41) is 27.7. The Balaban J connectivity index is 1.94. The molecule has 2 aliphatic rings. The molecule has 0 spiro atoms. The number of nitrogens with one attached hydrogen (secondary N) is 1. The molecule has 3 N–H and O–H groups in total. The minimum atomic E-state index is -2.31. The second kappa shape index (κ2) is 20.1. The normalized spacial score (nSPS) is 29.7. The third-order valence-electron chi connectivity index (χ3n) is 11.9. The molecule has 56 heavy (non-hydrogen) atoms. The van der Waals surface area contributed by atoms with Crippen molar-refractivity contribution in [3.63, 3.8) is 0 Å². The van der Waals surface area contributed by atoms with Crippen LogP contribution >= 0.6 is 11.6 Å². The molecule has 3 rings (SSSR count). The van der Waals surface area contributed by atoms with E-state index in [1.54, 1.807) is 39.2 Å². The summed E-state index contributed by atoms with van der Waals surface area (Å²) in [7, 11) is -0.596. The highest BCUT2D eigenvalue weighted by atomic mass is 35.5. The van der Waals surface area contributed by atoms with Gasteiger partial charge < -0.3 is 38.9 Å². The lowest BCUT2D eigenvalue weighted by Crippen LogP contribution is -2.52. The molecule has 0 radical (unpaired) electrons. The molecule has 2 aliphatic heterocycles. The Morgan fingerprint density at radius 3 is 2.36 bits per heavy atom. The minimum absolute atomic E-state index is 0.00942. The molecule has 1 aromatic rings. The van der Waals surface area contributed by atoms with Crippen molar-refractivity contribution in [2.75, 3.05) is 7.11 Å². The third kappa shape index (κ3) is 13.6. The maximum Gasteiger partial charge on any atom is 0.308 e. The van der Waals surface area contributed by atoms with Crippen LogP contribution in [0.25, 0.3) is 0 Å². The van der Waals surface area contributed by atoms with Crippen LogP contribution in [-0.2, 0) is 39.5 Å². The summed E-state index contributed by atoms with van der Waals surface area (Å²) >= 11 is 6.13. The molecule has 0 aliphatic carbocycles. The fraction of sp³-hybridized carbons (Fsp3) is 0.682. The maximum atomic E-state index is 13.7. The van der Waals surface area contributed by atoms with E-state index in [2.05, 4.69) is 53.0 Å². The molecule has 2 heterocycles. The van der Waals surface area contributed by atoms with Gasteiger partial charge in [-0.25, -0.2) is 0 Å². The van der Waals surface area contributed by atoms with Crippen LogP contribution in [0.4, 0.5) is 0 Å². The van der Waals surface area contributed by atoms with Crippen LogP contribution in [0, 0.1) is 11.8 Å². The summed E-state index contributed by atoms with van der Waals surface area (Å²) in [6.45, 7) is 23.9. The Hall–Kier alpha value is -2.35. The first-order valence-electron chi connectivity index (χ1n) is 20.1. The quantitative estimate of drug-likeness (QED) is 0.0522. The SMILES string of the molecule is CC[C@H](OC)[C@@H](C)[C@H]1O[C@@H]1C(NCc1ccc(Cl)cc1)C(C)(O)C=CC=C(C)C1OC(=O)C[C@H](O[Si](C)(C)C(C)(C)C)CC[C@@](C)(O)[C@@H](OC(C)=O)C=C[C@@H]1C. The lowest BCUT2D eigenvalue weighted by atomic mass is 9.87. The van der Waals surface area contributed by atoms with Crippen LogP contribution in [-0.4, -0.2) is 91.4 Å². The van der Waals surface area contributed by atoms with Crippen molar-refractivity contribution in [1.29, 1.82) is 0 Å². The highest BCUT2D eigenvalue weighted by Gasteiger charge is 2.54. The van der Waals surface area contributed by atoms with Gasteiger partial charge >= 0.3 is 11.9 Å². The lowest BCUT2D eigenvalue weighted by molar-refractivity contribution is -0.157. The number of hydrogen-bond acceptors (Lipinski definition) is 10. The molecule has 1 aromatic carbocycles. The van der Waals surface area contributed by atoms with Gasteiger partial charge in [0.1, 0.15) is 23.9 Å². The summed E-state index contributed by atoms with van der Waals surface area (Å²) in [6, 6.07) is 7.12. The predicted octanol–water partition coefficient (Wildman–Crippen LogP) is 8.24. The van der Waals surface area contributed by atoms with Gasteiger partial charge in [-0.15, -0.1) is 0 Å². The standard InChI is InChI=1S/C44H70ClNO9Si/c1-14-35(51-11)30(4)39-40(54-39)41(46-27-32-18-20-33(45)21-19-32)44(10,50)24-15-16-28(2)38-29(3)17-22-36(52-31(5)47)43(9,49)25-23-34(26-37(48)53-38)55-56(12,13)42(6,7)8/h15-22,24,29-30,34-36,38-41,46,49-50H,14,23,25-27H2,1-13H3/t29-,30+,34+,35-,36-,38?,39+,40-,41?,43+,44?/m0/s1. The topological polar surface area (TPSA) is 136 Å². The molecule has 0 saturated carbocycles. The summed E-state index contributed by atoms with van der Waals surface area (Å²) in [4.78, 5) is 25.8. The van der Waals surface area contributed by atoms with E-state index >= 15 is 0 Å². The molecule has 12 heteroatoms. The summed E-state index contributed by atoms with van der Waals surface area (Å²) in [6.07, 6.45) is 7.90. The Bertz CT molecular complexity index is 1530. The van der Waals surface area contributed by atoms with Crippen LogP contribution in [0.5, 0.6) is 0 Å². The number of benzene rings is 1. The van der Waals surface area contributed by atoms with E-state index in [0.717, 1.165) is 17.6 Å². The molecular formula is C44H70ClNO9Si. The fourth-order valence-corrected chi connectivity index (χ4v) is 8.70. The van der Waals surface area contributed by atoms with Crippen molar-refractivity contribution < 1.29 is 43.2 Å². The number of esters is 2. The second-order valence-corrected chi connectivity index (χ2v) is 23.1. The first-order chi connectivity index (χ1) is 25.9. The van der Waals surface area contributed by atoms with Gasteiger partial charge in [0.05, 0.1) is 36.4 Å². The van der Waals surface area contributed by atoms with Gasteiger partial charge in [0.25, 0.3) is 0 Å². The van der Waals surface area contributed by atoms with E-state index in [1.165, 1.54) is 6.92 Å². The number of hydrogen-bond donors (Lipinski definition) is 3. The molecule has 0 aromatic heterocycles. The van der Waals surface area contributed by atoms with Gasteiger partial charge in [-0.1, -0.05) is 89.6 Å². The molecular weight excluding hydrogens is 750 g/mol. The number of carbonyl (C=O) groups excluding carboxylic acids is 2. The average Bonchev–Trinajstić information content (AvgIpc) is 3.88. The lowest BCUT2D eigenvalue weighted by Gasteiger charge is -2.40. The Kier molecular flexibility index (Phi) is 17.2. The van der Waals surface area contributed by atoms with Crippen molar-refractivity contribution in [1.82, 2.24) is 5.32 Å². The minimum Gasteiger partial charge on any atom is -0.457 e. The zero-order valence-electron chi connectivity index (χ0n) is 36.1. The molecule has 316 valence electrons. The van der Waals surface area contributed by atoms with Crippen molar-refractivity contribution in [2.45, 2.75) is 173 Å². The highest BCUT2D eigenvalue weighted by molar-refractivity contribution is 6.74. The zero-order valence-corrected chi connectivity index (χ0v) is 37.8. The average molecular weight is 821 g/mol. The largest absolute Gasteiger partial charge is 0.457 e. The first-order valence-corrected chi connectivity index (χ1v) is 23.4. The Morgan fingerprint density at radius 2 is 1.79 bits per heavy atom. The van der Waals surface area contributed by atoms with Crippen molar-refractivity contribution in [3.8, 4) is 0 Å². The van der Waals surface area contributed by atoms with E-state index < -0.39 is 55.8 Å². The van der Waals surface area contributed by atoms with Crippen LogP contribution < -0.4 is 5.32 Å². The second-order valence-electron chi connectivity index (χ2n) is 17.9. The van der Waals surface area contributed by atoms with E-state index in [1.807, 2.05) is 50.3 Å². The van der Waals surface area contributed by atoms with Crippen molar-refractivity contribution >= 4 is 31.9 Å². The summed E-state index contributed by atoms with van der Waals surface area (Å²) in [5.41, 5.74) is -0.994. The molecule has 3 unspecified atom stereocenters. The molecule has 0 bridgehead atoms. The van der Waals surface area contributed by atoms with Crippen LogP contribution in [0.1, 0.15) is 100 Å². The molecule has 11 atom stereocenters. The summed E-state index contributed by atoms with van der Waals surface area (Å²) < 4.78 is 30.5. The zero-order chi connectivity index (χ0) is 42.2. The van der Waals surface area contributed by atoms with Crippen LogP contribution in [0.2, 0.25) is 23.2 Å². The first kappa shape index (κ1) is 48.0. The molecule has 1 fully saturated rings.